The molecule has 0 spiro atoms. The summed E-state index contributed by atoms with van der Waals surface area (Å²) in [5.74, 6) is -0.586. The van der Waals surface area contributed by atoms with E-state index in [1.807, 2.05) is 0 Å². The second-order valence-electron chi connectivity index (χ2n) is 16.8. The Balaban J connectivity index is 3.67. The maximum atomic E-state index is 12.5. The molecule has 0 aliphatic heterocycles. The average molecular weight is 766 g/mol. The Morgan fingerprint density at radius 1 is 0.444 bits per heavy atom. The van der Waals surface area contributed by atoms with E-state index < -0.39 is 36.9 Å². The van der Waals surface area contributed by atoms with Gasteiger partial charge in [-0.1, -0.05) is 231 Å². The number of aliphatic hydroxyl groups excluding tert-OH is 4. The first-order valence-corrected chi connectivity index (χ1v) is 24.1. The van der Waals surface area contributed by atoms with Crippen LogP contribution in [-0.2, 0) is 4.79 Å². The Morgan fingerprint density at radius 3 is 1.07 bits per heavy atom. The van der Waals surface area contributed by atoms with E-state index in [2.05, 4.69) is 31.3 Å². The van der Waals surface area contributed by atoms with Crippen molar-refractivity contribution in [3.63, 3.8) is 0 Å². The highest BCUT2D eigenvalue weighted by Crippen LogP contribution is 2.17. The highest BCUT2D eigenvalue weighted by Gasteiger charge is 2.28. The van der Waals surface area contributed by atoms with Gasteiger partial charge in [-0.2, -0.15) is 0 Å². The zero-order valence-corrected chi connectivity index (χ0v) is 36.2. The van der Waals surface area contributed by atoms with Crippen LogP contribution in [0.3, 0.4) is 0 Å². The lowest BCUT2D eigenvalue weighted by Crippen LogP contribution is -2.53. The summed E-state index contributed by atoms with van der Waals surface area (Å²) in [5, 5.41) is 43.8. The average Bonchev–Trinajstić information content (AvgIpc) is 3.18. The largest absolute Gasteiger partial charge is 0.394 e. The van der Waals surface area contributed by atoms with E-state index in [1.54, 1.807) is 0 Å². The van der Waals surface area contributed by atoms with Gasteiger partial charge < -0.3 is 25.7 Å². The van der Waals surface area contributed by atoms with E-state index in [0.717, 1.165) is 44.9 Å². The van der Waals surface area contributed by atoms with Crippen LogP contribution in [-0.4, -0.2) is 57.3 Å². The van der Waals surface area contributed by atoms with Crippen LogP contribution in [0, 0.1) is 0 Å². The summed E-state index contributed by atoms with van der Waals surface area (Å²) in [6.07, 6.45) is 48.2. The van der Waals surface area contributed by atoms with Gasteiger partial charge in [-0.15, -0.1) is 0 Å². The summed E-state index contributed by atoms with van der Waals surface area (Å²) in [6, 6.07) is -0.985. The summed E-state index contributed by atoms with van der Waals surface area (Å²) in [7, 11) is 0. The van der Waals surface area contributed by atoms with E-state index >= 15 is 0 Å². The number of allylic oxidation sites excluding steroid dienone is 2. The lowest BCUT2D eigenvalue weighted by Gasteiger charge is -2.27. The zero-order valence-electron chi connectivity index (χ0n) is 36.2. The summed E-state index contributed by atoms with van der Waals surface area (Å²) >= 11 is 0. The van der Waals surface area contributed by atoms with Crippen molar-refractivity contribution in [1.29, 1.82) is 0 Å². The SMILES string of the molecule is CCCCCCCC/C=C\CCCCCCCCC(O)C(=O)NC(CO)C(O)C(O)CCCCCCCCCCCCCCCCCCCCCCCC. The van der Waals surface area contributed by atoms with E-state index in [0.29, 0.717) is 12.8 Å². The molecule has 6 heteroatoms. The standard InChI is InChI=1S/C48H95NO5/c1-3-5-7-9-11-13-15-17-19-21-22-23-24-25-26-28-29-31-33-35-37-39-41-45(51)47(53)44(43-50)49-48(54)46(52)42-40-38-36-34-32-30-27-20-18-16-14-12-10-8-6-4-2/h18,20,44-47,50-53H,3-17,19,21-43H2,1-2H3,(H,49,54)/b20-18-. The molecule has 322 valence electrons. The van der Waals surface area contributed by atoms with E-state index in [1.165, 1.54) is 186 Å². The fraction of sp³-hybridized carbons (Fsp3) is 0.938. The highest BCUT2D eigenvalue weighted by atomic mass is 16.3. The van der Waals surface area contributed by atoms with Crippen LogP contribution in [0.15, 0.2) is 12.2 Å². The molecule has 0 saturated heterocycles. The first kappa shape index (κ1) is 53.0. The number of aliphatic hydroxyl groups is 4. The van der Waals surface area contributed by atoms with E-state index in [9.17, 15) is 25.2 Å². The number of nitrogens with one attached hydrogen (secondary N) is 1. The maximum absolute atomic E-state index is 12.5. The molecule has 0 radical (unpaired) electrons. The van der Waals surface area contributed by atoms with Gasteiger partial charge in [0.2, 0.25) is 5.91 Å². The van der Waals surface area contributed by atoms with Gasteiger partial charge >= 0.3 is 0 Å². The van der Waals surface area contributed by atoms with Crippen molar-refractivity contribution in [3.05, 3.63) is 12.2 Å². The lowest BCUT2D eigenvalue weighted by molar-refractivity contribution is -0.132. The van der Waals surface area contributed by atoms with Crippen LogP contribution < -0.4 is 5.32 Å². The van der Waals surface area contributed by atoms with Gasteiger partial charge in [-0.05, 0) is 38.5 Å². The monoisotopic (exact) mass is 766 g/mol. The smallest absolute Gasteiger partial charge is 0.249 e. The predicted octanol–water partition coefficient (Wildman–Crippen LogP) is 13.0. The van der Waals surface area contributed by atoms with Gasteiger partial charge in [0.15, 0.2) is 0 Å². The minimum atomic E-state index is -1.26. The molecule has 4 unspecified atom stereocenters. The Bertz CT molecular complexity index is 776. The van der Waals surface area contributed by atoms with Crippen LogP contribution in [0.4, 0.5) is 0 Å². The predicted molar refractivity (Wildman–Crippen MR) is 233 cm³/mol. The number of amides is 1. The van der Waals surface area contributed by atoms with E-state index in [4.69, 9.17) is 0 Å². The molecule has 0 aliphatic carbocycles. The van der Waals surface area contributed by atoms with Gasteiger partial charge in [-0.3, -0.25) is 4.79 Å². The molecule has 0 rings (SSSR count). The molecule has 0 fully saturated rings. The second-order valence-corrected chi connectivity index (χ2v) is 16.8. The quantitative estimate of drug-likeness (QED) is 0.0313. The van der Waals surface area contributed by atoms with Gasteiger partial charge in [0.1, 0.15) is 12.2 Å². The Labute approximate surface area is 336 Å². The van der Waals surface area contributed by atoms with Gasteiger partial charge in [0.25, 0.3) is 0 Å². The van der Waals surface area contributed by atoms with Crippen molar-refractivity contribution >= 4 is 5.91 Å². The molecule has 0 saturated carbocycles. The second kappa shape index (κ2) is 43.2. The number of unbranched alkanes of at least 4 members (excludes halogenated alkanes) is 33. The van der Waals surface area contributed by atoms with Crippen molar-refractivity contribution in [2.45, 2.75) is 282 Å². The maximum Gasteiger partial charge on any atom is 0.249 e. The molecule has 54 heavy (non-hydrogen) atoms. The summed E-state index contributed by atoms with van der Waals surface area (Å²) < 4.78 is 0. The summed E-state index contributed by atoms with van der Waals surface area (Å²) in [5.41, 5.74) is 0. The van der Waals surface area contributed by atoms with Gasteiger partial charge in [0.05, 0.1) is 18.8 Å². The van der Waals surface area contributed by atoms with Crippen LogP contribution in [0.2, 0.25) is 0 Å². The van der Waals surface area contributed by atoms with Crippen LogP contribution in [0.1, 0.15) is 258 Å². The zero-order chi connectivity index (χ0) is 39.6. The van der Waals surface area contributed by atoms with Crippen molar-refractivity contribution in [1.82, 2.24) is 5.32 Å². The fourth-order valence-electron chi connectivity index (χ4n) is 7.64. The third kappa shape index (κ3) is 36.7. The van der Waals surface area contributed by atoms with Crippen molar-refractivity contribution in [2.75, 3.05) is 6.61 Å². The lowest BCUT2D eigenvalue weighted by atomic mass is 9.99. The molecular weight excluding hydrogens is 671 g/mol. The molecule has 0 bridgehead atoms. The molecule has 0 heterocycles. The van der Waals surface area contributed by atoms with Crippen LogP contribution >= 0.6 is 0 Å². The number of hydrogen-bond acceptors (Lipinski definition) is 5. The minimum Gasteiger partial charge on any atom is -0.394 e. The first-order valence-electron chi connectivity index (χ1n) is 24.1. The molecule has 0 aromatic carbocycles. The van der Waals surface area contributed by atoms with Gasteiger partial charge in [0, 0.05) is 0 Å². The van der Waals surface area contributed by atoms with Crippen LogP contribution in [0.5, 0.6) is 0 Å². The molecular formula is C48H95NO5. The Kier molecular flexibility index (Phi) is 42.4. The topological polar surface area (TPSA) is 110 Å². The third-order valence-electron chi connectivity index (χ3n) is 11.5. The highest BCUT2D eigenvalue weighted by molar-refractivity contribution is 5.80. The normalized spacial score (nSPS) is 14.1. The van der Waals surface area contributed by atoms with Crippen molar-refractivity contribution < 1.29 is 25.2 Å². The summed E-state index contributed by atoms with van der Waals surface area (Å²) in [4.78, 5) is 12.5. The molecule has 6 nitrogen and oxygen atoms in total. The van der Waals surface area contributed by atoms with Crippen LogP contribution in [0.25, 0.3) is 0 Å². The number of carbonyl (C=O) groups excluding carboxylic acids is 1. The Morgan fingerprint density at radius 2 is 0.741 bits per heavy atom. The van der Waals surface area contributed by atoms with E-state index in [-0.39, 0.29) is 0 Å². The molecule has 4 atom stereocenters. The van der Waals surface area contributed by atoms with Crippen molar-refractivity contribution in [3.8, 4) is 0 Å². The Hall–Kier alpha value is -0.950. The fourth-order valence-corrected chi connectivity index (χ4v) is 7.64. The first-order chi connectivity index (χ1) is 26.5. The third-order valence-corrected chi connectivity index (χ3v) is 11.5. The van der Waals surface area contributed by atoms with Gasteiger partial charge in [-0.25, -0.2) is 0 Å². The molecule has 0 aromatic heterocycles. The number of carbonyl (C=O) groups is 1. The molecule has 0 aliphatic rings. The molecule has 0 aromatic rings. The van der Waals surface area contributed by atoms with Crippen molar-refractivity contribution in [2.24, 2.45) is 0 Å². The number of rotatable bonds is 44. The molecule has 5 N–H and O–H groups in total. The minimum absolute atomic E-state index is 0.364. The summed E-state index contributed by atoms with van der Waals surface area (Å²) in [6.45, 7) is 4.06. The molecule has 1 amide bonds. The number of hydrogen-bond donors (Lipinski definition) is 5.